The molecule has 24 heavy (non-hydrogen) atoms. The van der Waals surface area contributed by atoms with Crippen LogP contribution in [-0.4, -0.2) is 24.9 Å². The van der Waals surface area contributed by atoms with Gasteiger partial charge in [-0.05, 0) is 48.8 Å². The Balaban J connectivity index is 2.03. The number of carbonyl (C=O) groups excluding carboxylic acids is 2. The first-order valence-corrected chi connectivity index (χ1v) is 8.57. The predicted octanol–water partition coefficient (Wildman–Crippen LogP) is 1.29. The van der Waals surface area contributed by atoms with Crippen LogP contribution in [0.2, 0.25) is 0 Å². The van der Waals surface area contributed by atoms with Gasteiger partial charge >= 0.3 is 0 Å². The van der Waals surface area contributed by atoms with Crippen LogP contribution in [0.25, 0.3) is 0 Å². The fourth-order valence-corrected chi connectivity index (χ4v) is 4.02. The maximum absolute atomic E-state index is 12.2. The van der Waals surface area contributed by atoms with Crippen LogP contribution in [0.5, 0.6) is 0 Å². The lowest BCUT2D eigenvalue weighted by atomic mass is 9.89. The van der Waals surface area contributed by atoms with Crippen LogP contribution in [-0.2, 0) is 10.2 Å². The SMILES string of the molecule is CC1CC(C)CN(c2cc(C3(C(N)=O)CC3)ccc2C(=O)NN)C1. The van der Waals surface area contributed by atoms with Crippen LogP contribution < -0.4 is 21.9 Å². The zero-order chi connectivity index (χ0) is 17.5. The first-order chi connectivity index (χ1) is 11.4. The third kappa shape index (κ3) is 2.86. The van der Waals surface area contributed by atoms with Gasteiger partial charge in [0.25, 0.3) is 5.91 Å². The molecule has 2 amide bonds. The Morgan fingerprint density at radius 2 is 1.83 bits per heavy atom. The Hall–Kier alpha value is -2.08. The molecule has 1 saturated carbocycles. The molecule has 2 unspecified atom stereocenters. The molecule has 5 N–H and O–H groups in total. The van der Waals surface area contributed by atoms with Crippen molar-refractivity contribution in [3.05, 3.63) is 29.3 Å². The standard InChI is InChI=1S/C18H26N4O2/c1-11-7-12(2)10-22(9-11)15-8-13(18(5-6-18)17(19)24)3-4-14(15)16(23)21-20/h3-4,8,11-12H,5-7,9-10,20H2,1-2H3,(H2,19,24)(H,21,23). The Labute approximate surface area is 142 Å². The van der Waals surface area contributed by atoms with Crippen molar-refractivity contribution in [3.63, 3.8) is 0 Å². The van der Waals surface area contributed by atoms with Crippen molar-refractivity contribution >= 4 is 17.5 Å². The molecule has 6 nitrogen and oxygen atoms in total. The molecule has 0 radical (unpaired) electrons. The first-order valence-electron chi connectivity index (χ1n) is 8.57. The van der Waals surface area contributed by atoms with Crippen molar-refractivity contribution in [1.82, 2.24) is 5.43 Å². The summed E-state index contributed by atoms with van der Waals surface area (Å²) < 4.78 is 0. The fraction of sp³-hybridized carbons (Fsp3) is 0.556. The van der Waals surface area contributed by atoms with E-state index in [-0.39, 0.29) is 11.8 Å². The summed E-state index contributed by atoms with van der Waals surface area (Å²) in [7, 11) is 0. The van der Waals surface area contributed by atoms with E-state index in [2.05, 4.69) is 24.2 Å². The number of benzene rings is 1. The minimum absolute atomic E-state index is 0.287. The van der Waals surface area contributed by atoms with E-state index in [1.165, 1.54) is 6.42 Å². The zero-order valence-corrected chi connectivity index (χ0v) is 14.3. The molecular weight excluding hydrogens is 304 g/mol. The van der Waals surface area contributed by atoms with Crippen molar-refractivity contribution < 1.29 is 9.59 Å². The summed E-state index contributed by atoms with van der Waals surface area (Å²) in [5.41, 5.74) is 9.58. The number of nitrogen functional groups attached to an aromatic ring is 1. The highest BCUT2D eigenvalue weighted by Gasteiger charge is 2.50. The number of piperidine rings is 1. The summed E-state index contributed by atoms with van der Waals surface area (Å²) >= 11 is 0. The van der Waals surface area contributed by atoms with E-state index < -0.39 is 5.41 Å². The van der Waals surface area contributed by atoms with Gasteiger partial charge in [0.1, 0.15) is 0 Å². The zero-order valence-electron chi connectivity index (χ0n) is 14.3. The van der Waals surface area contributed by atoms with E-state index in [1.807, 2.05) is 12.1 Å². The van der Waals surface area contributed by atoms with Gasteiger partial charge < -0.3 is 10.6 Å². The molecule has 1 aliphatic heterocycles. The normalized spacial score (nSPS) is 25.2. The molecule has 2 atom stereocenters. The van der Waals surface area contributed by atoms with E-state index in [4.69, 9.17) is 11.6 Å². The lowest BCUT2D eigenvalue weighted by molar-refractivity contribution is -0.120. The van der Waals surface area contributed by atoms with E-state index >= 15 is 0 Å². The van der Waals surface area contributed by atoms with Crippen LogP contribution in [0.3, 0.4) is 0 Å². The van der Waals surface area contributed by atoms with Gasteiger partial charge in [0.05, 0.1) is 11.0 Å². The van der Waals surface area contributed by atoms with E-state index in [1.54, 1.807) is 6.07 Å². The van der Waals surface area contributed by atoms with Gasteiger partial charge in [-0.3, -0.25) is 15.0 Å². The predicted molar refractivity (Wildman–Crippen MR) is 93.4 cm³/mol. The monoisotopic (exact) mass is 330 g/mol. The summed E-state index contributed by atoms with van der Waals surface area (Å²) in [5.74, 6) is 5.85. The largest absolute Gasteiger partial charge is 0.370 e. The number of primary amides is 1. The molecule has 3 rings (SSSR count). The maximum Gasteiger partial charge on any atom is 0.267 e. The second-order valence-electron chi connectivity index (χ2n) is 7.50. The number of amides is 2. The second kappa shape index (κ2) is 6.09. The van der Waals surface area contributed by atoms with Crippen molar-refractivity contribution in [3.8, 4) is 0 Å². The molecule has 0 aromatic heterocycles. The smallest absolute Gasteiger partial charge is 0.267 e. The molecule has 2 fully saturated rings. The number of nitrogens with zero attached hydrogens (tertiary/aromatic N) is 1. The van der Waals surface area contributed by atoms with Crippen molar-refractivity contribution in [2.24, 2.45) is 23.4 Å². The molecule has 0 spiro atoms. The quantitative estimate of drug-likeness (QED) is 0.440. The highest BCUT2D eigenvalue weighted by Crippen LogP contribution is 2.49. The molecule has 1 aliphatic carbocycles. The highest BCUT2D eigenvalue weighted by atomic mass is 16.2. The number of anilines is 1. The molecule has 1 aromatic carbocycles. The van der Waals surface area contributed by atoms with Gasteiger partial charge in [0.2, 0.25) is 5.91 Å². The summed E-state index contributed by atoms with van der Waals surface area (Å²) in [6.45, 7) is 6.23. The highest BCUT2D eigenvalue weighted by molar-refractivity contribution is 6.00. The van der Waals surface area contributed by atoms with E-state index in [0.29, 0.717) is 17.4 Å². The lowest BCUT2D eigenvalue weighted by Gasteiger charge is -2.37. The Kier molecular flexibility index (Phi) is 4.25. The number of rotatable bonds is 4. The molecule has 130 valence electrons. The summed E-state index contributed by atoms with van der Waals surface area (Å²) in [5, 5.41) is 0. The number of nitrogens with one attached hydrogen (secondary N) is 1. The maximum atomic E-state index is 12.2. The molecule has 1 aromatic rings. The van der Waals surface area contributed by atoms with Gasteiger partial charge in [-0.2, -0.15) is 0 Å². The number of nitrogens with two attached hydrogens (primary N) is 2. The van der Waals surface area contributed by atoms with Gasteiger partial charge in [-0.15, -0.1) is 0 Å². The third-order valence-corrected chi connectivity index (χ3v) is 5.36. The second-order valence-corrected chi connectivity index (χ2v) is 7.50. The number of hydrazine groups is 1. The molecule has 2 aliphatic rings. The van der Waals surface area contributed by atoms with Gasteiger partial charge in [-0.1, -0.05) is 19.9 Å². The number of hydrogen-bond acceptors (Lipinski definition) is 4. The van der Waals surface area contributed by atoms with Crippen molar-refractivity contribution in [2.75, 3.05) is 18.0 Å². The summed E-state index contributed by atoms with van der Waals surface area (Å²) in [4.78, 5) is 26.3. The molecular formula is C18H26N4O2. The van der Waals surface area contributed by atoms with E-state index in [0.717, 1.165) is 37.2 Å². The molecule has 1 saturated heterocycles. The third-order valence-electron chi connectivity index (χ3n) is 5.36. The summed E-state index contributed by atoms with van der Waals surface area (Å²) in [6, 6.07) is 5.57. The van der Waals surface area contributed by atoms with Crippen LogP contribution in [0.15, 0.2) is 18.2 Å². The summed E-state index contributed by atoms with van der Waals surface area (Å²) in [6.07, 6.45) is 2.73. The first kappa shape index (κ1) is 16.8. The van der Waals surface area contributed by atoms with Gasteiger partial charge in [0.15, 0.2) is 0 Å². The average Bonchev–Trinajstić information content (AvgIpc) is 3.34. The Morgan fingerprint density at radius 1 is 1.21 bits per heavy atom. The van der Waals surface area contributed by atoms with Crippen LogP contribution in [0.4, 0.5) is 5.69 Å². The van der Waals surface area contributed by atoms with Crippen LogP contribution in [0, 0.1) is 11.8 Å². The minimum Gasteiger partial charge on any atom is -0.370 e. The lowest BCUT2D eigenvalue weighted by Crippen LogP contribution is -2.41. The van der Waals surface area contributed by atoms with Gasteiger partial charge in [0, 0.05) is 18.8 Å². The van der Waals surface area contributed by atoms with E-state index in [9.17, 15) is 9.59 Å². The topological polar surface area (TPSA) is 101 Å². The molecule has 1 heterocycles. The number of carbonyl (C=O) groups is 2. The Bertz CT molecular complexity index is 659. The fourth-order valence-electron chi connectivity index (χ4n) is 4.02. The Morgan fingerprint density at radius 3 is 2.33 bits per heavy atom. The van der Waals surface area contributed by atoms with Crippen LogP contribution >= 0.6 is 0 Å². The van der Waals surface area contributed by atoms with Crippen molar-refractivity contribution in [2.45, 2.75) is 38.5 Å². The van der Waals surface area contributed by atoms with Crippen LogP contribution in [0.1, 0.15) is 49.0 Å². The molecule has 0 bridgehead atoms. The number of hydrogen-bond donors (Lipinski definition) is 3. The van der Waals surface area contributed by atoms with Crippen molar-refractivity contribution in [1.29, 1.82) is 0 Å². The molecule has 6 heteroatoms. The van der Waals surface area contributed by atoms with Gasteiger partial charge in [-0.25, -0.2) is 5.84 Å². The average molecular weight is 330 g/mol. The minimum atomic E-state index is -0.556.